The Labute approximate surface area is 128 Å². The molecule has 108 valence electrons. The lowest BCUT2D eigenvalue weighted by atomic mass is 9.86. The van der Waals surface area contributed by atoms with Crippen LogP contribution in [0.25, 0.3) is 0 Å². The minimum absolute atomic E-state index is 0.0742. The van der Waals surface area contributed by atoms with Gasteiger partial charge >= 0.3 is 0 Å². The minimum Gasteiger partial charge on any atom is -0.485 e. The molecule has 3 nitrogen and oxygen atoms in total. The van der Waals surface area contributed by atoms with Crippen molar-refractivity contribution in [3.8, 4) is 5.75 Å². The SMILES string of the molecule is CC1CC2(C[C@H](N)c3ccc(Br)cc3O2)CN1C1CC1. The fourth-order valence-corrected chi connectivity index (χ4v) is 4.35. The predicted molar refractivity (Wildman–Crippen MR) is 82.9 cm³/mol. The summed E-state index contributed by atoms with van der Waals surface area (Å²) < 4.78 is 7.52. The fraction of sp³-hybridized carbons (Fsp3) is 0.625. The normalized spacial score (nSPS) is 37.0. The summed E-state index contributed by atoms with van der Waals surface area (Å²) in [6.07, 6.45) is 4.75. The lowest BCUT2D eigenvalue weighted by molar-refractivity contribution is 0.0432. The monoisotopic (exact) mass is 336 g/mol. The number of hydrogen-bond donors (Lipinski definition) is 1. The van der Waals surface area contributed by atoms with E-state index in [1.165, 1.54) is 12.8 Å². The van der Waals surface area contributed by atoms with Crippen molar-refractivity contribution >= 4 is 15.9 Å². The average molecular weight is 337 g/mol. The largest absolute Gasteiger partial charge is 0.485 e. The molecule has 2 aliphatic heterocycles. The number of nitrogens with two attached hydrogens (primary N) is 1. The zero-order chi connectivity index (χ0) is 13.9. The third kappa shape index (κ3) is 2.09. The Morgan fingerprint density at radius 1 is 1.35 bits per heavy atom. The first-order valence-corrected chi connectivity index (χ1v) is 8.35. The van der Waals surface area contributed by atoms with Gasteiger partial charge in [-0.25, -0.2) is 0 Å². The van der Waals surface area contributed by atoms with Gasteiger partial charge in [-0.1, -0.05) is 22.0 Å². The first-order chi connectivity index (χ1) is 9.56. The van der Waals surface area contributed by atoms with Gasteiger partial charge in [0.15, 0.2) is 0 Å². The van der Waals surface area contributed by atoms with Gasteiger partial charge in [-0.3, -0.25) is 4.90 Å². The predicted octanol–water partition coefficient (Wildman–Crippen LogP) is 3.23. The molecule has 1 aliphatic carbocycles. The molecule has 1 aromatic rings. The Balaban J connectivity index is 1.65. The van der Waals surface area contributed by atoms with E-state index in [2.05, 4.69) is 39.9 Å². The summed E-state index contributed by atoms with van der Waals surface area (Å²) in [5.74, 6) is 0.975. The van der Waals surface area contributed by atoms with Crippen LogP contribution in [0, 0.1) is 0 Å². The van der Waals surface area contributed by atoms with Crippen LogP contribution < -0.4 is 10.5 Å². The molecular formula is C16H21BrN2O. The highest BCUT2D eigenvalue weighted by molar-refractivity contribution is 9.10. The Morgan fingerprint density at radius 3 is 2.90 bits per heavy atom. The Bertz CT molecular complexity index is 545. The molecule has 1 saturated carbocycles. The highest BCUT2D eigenvalue weighted by atomic mass is 79.9. The summed E-state index contributed by atoms with van der Waals surface area (Å²) in [4.78, 5) is 2.63. The summed E-state index contributed by atoms with van der Waals surface area (Å²) in [7, 11) is 0. The van der Waals surface area contributed by atoms with Crippen LogP contribution in [0.5, 0.6) is 5.75 Å². The maximum atomic E-state index is 6.46. The van der Waals surface area contributed by atoms with Crippen LogP contribution in [0.1, 0.15) is 44.2 Å². The van der Waals surface area contributed by atoms with Gasteiger partial charge < -0.3 is 10.5 Å². The van der Waals surface area contributed by atoms with Crippen molar-refractivity contribution in [3.05, 3.63) is 28.2 Å². The zero-order valence-corrected chi connectivity index (χ0v) is 13.4. The summed E-state index contributed by atoms with van der Waals surface area (Å²) >= 11 is 3.53. The lowest BCUT2D eigenvalue weighted by Gasteiger charge is -2.39. The molecule has 3 atom stereocenters. The summed E-state index contributed by atoms with van der Waals surface area (Å²) in [5.41, 5.74) is 7.49. The van der Waals surface area contributed by atoms with Gasteiger partial charge in [0.25, 0.3) is 0 Å². The second kappa shape index (κ2) is 4.46. The van der Waals surface area contributed by atoms with Crippen LogP contribution in [0.4, 0.5) is 0 Å². The van der Waals surface area contributed by atoms with Crippen LogP contribution in [0.2, 0.25) is 0 Å². The van der Waals surface area contributed by atoms with E-state index in [1.54, 1.807) is 0 Å². The number of hydrogen-bond acceptors (Lipinski definition) is 3. The van der Waals surface area contributed by atoms with Gasteiger partial charge in [0, 0.05) is 47.5 Å². The second-order valence-electron chi connectivity index (χ2n) is 6.73. The second-order valence-corrected chi connectivity index (χ2v) is 7.65. The maximum Gasteiger partial charge on any atom is 0.126 e. The minimum atomic E-state index is -0.0742. The van der Waals surface area contributed by atoms with Gasteiger partial charge in [-0.15, -0.1) is 0 Å². The molecule has 20 heavy (non-hydrogen) atoms. The van der Waals surface area contributed by atoms with E-state index >= 15 is 0 Å². The molecule has 3 aliphatic rings. The summed E-state index contributed by atoms with van der Waals surface area (Å²) in [6.45, 7) is 3.37. The third-order valence-electron chi connectivity index (χ3n) is 5.01. The van der Waals surface area contributed by atoms with Crippen molar-refractivity contribution in [2.75, 3.05) is 6.54 Å². The average Bonchev–Trinajstić information content (AvgIpc) is 3.15. The Kier molecular flexibility index (Phi) is 2.92. The zero-order valence-electron chi connectivity index (χ0n) is 11.8. The molecular weight excluding hydrogens is 316 g/mol. The van der Waals surface area contributed by atoms with Crippen LogP contribution in [0.15, 0.2) is 22.7 Å². The summed E-state index contributed by atoms with van der Waals surface area (Å²) in [5, 5.41) is 0. The van der Waals surface area contributed by atoms with Crippen molar-refractivity contribution in [1.82, 2.24) is 4.90 Å². The van der Waals surface area contributed by atoms with E-state index in [4.69, 9.17) is 10.5 Å². The van der Waals surface area contributed by atoms with Gasteiger partial charge in [0.1, 0.15) is 11.4 Å². The molecule has 0 radical (unpaired) electrons. The van der Waals surface area contributed by atoms with Crippen LogP contribution in [-0.4, -0.2) is 29.1 Å². The smallest absolute Gasteiger partial charge is 0.126 e. The molecule has 1 saturated heterocycles. The molecule has 2 N–H and O–H groups in total. The van der Waals surface area contributed by atoms with E-state index in [9.17, 15) is 0 Å². The standard InChI is InChI=1S/C16H21BrN2O/c1-10-7-16(9-19(10)12-3-4-12)8-14(18)13-5-2-11(17)6-15(13)20-16/h2,5-6,10,12,14H,3-4,7-9,18H2,1H3/t10?,14-,16?/m0/s1. The van der Waals surface area contributed by atoms with Crippen molar-refractivity contribution in [1.29, 1.82) is 0 Å². The van der Waals surface area contributed by atoms with E-state index in [1.807, 2.05) is 6.07 Å². The number of likely N-dealkylation sites (tertiary alicyclic amines) is 1. The fourth-order valence-electron chi connectivity index (χ4n) is 4.01. The number of rotatable bonds is 1. The molecule has 0 bridgehead atoms. The van der Waals surface area contributed by atoms with Gasteiger partial charge in [0.05, 0.1) is 0 Å². The molecule has 4 heteroatoms. The number of ether oxygens (including phenoxy) is 1. The van der Waals surface area contributed by atoms with E-state index in [0.717, 1.165) is 41.2 Å². The first-order valence-electron chi connectivity index (χ1n) is 7.56. The highest BCUT2D eigenvalue weighted by Gasteiger charge is 2.51. The molecule has 1 spiro atoms. The van der Waals surface area contributed by atoms with Gasteiger partial charge in [0.2, 0.25) is 0 Å². The topological polar surface area (TPSA) is 38.5 Å². The Morgan fingerprint density at radius 2 is 2.15 bits per heavy atom. The molecule has 0 aromatic heterocycles. The number of nitrogens with zero attached hydrogens (tertiary/aromatic N) is 1. The van der Waals surface area contributed by atoms with Crippen molar-refractivity contribution in [3.63, 3.8) is 0 Å². The third-order valence-corrected chi connectivity index (χ3v) is 5.51. The highest BCUT2D eigenvalue weighted by Crippen LogP contribution is 2.47. The van der Waals surface area contributed by atoms with Gasteiger partial charge in [-0.2, -0.15) is 0 Å². The number of fused-ring (bicyclic) bond motifs is 1. The molecule has 1 aromatic carbocycles. The van der Waals surface area contributed by atoms with Crippen LogP contribution >= 0.6 is 15.9 Å². The van der Waals surface area contributed by atoms with E-state index in [-0.39, 0.29) is 11.6 Å². The maximum absolute atomic E-state index is 6.46. The van der Waals surface area contributed by atoms with Crippen LogP contribution in [-0.2, 0) is 0 Å². The van der Waals surface area contributed by atoms with Crippen molar-refractivity contribution in [2.24, 2.45) is 5.73 Å². The van der Waals surface area contributed by atoms with Crippen LogP contribution in [0.3, 0.4) is 0 Å². The molecule has 2 unspecified atom stereocenters. The van der Waals surface area contributed by atoms with Crippen molar-refractivity contribution < 1.29 is 4.74 Å². The molecule has 2 fully saturated rings. The number of halogens is 1. The Hall–Kier alpha value is -0.580. The van der Waals surface area contributed by atoms with E-state index < -0.39 is 0 Å². The molecule has 2 heterocycles. The van der Waals surface area contributed by atoms with E-state index in [0.29, 0.717) is 6.04 Å². The lowest BCUT2D eigenvalue weighted by Crippen LogP contribution is -2.45. The van der Waals surface area contributed by atoms with Gasteiger partial charge in [-0.05, 0) is 31.9 Å². The van der Waals surface area contributed by atoms with Crippen molar-refractivity contribution in [2.45, 2.75) is 56.3 Å². The molecule has 4 rings (SSSR count). The summed E-state index contributed by atoms with van der Waals surface area (Å²) in [6, 6.07) is 7.72. The quantitative estimate of drug-likeness (QED) is 0.855. The first kappa shape index (κ1) is 13.1. The molecule has 0 amide bonds. The number of benzene rings is 1.